The van der Waals surface area contributed by atoms with Crippen molar-refractivity contribution >= 4 is 11.9 Å². The minimum atomic E-state index is -0.285. The van der Waals surface area contributed by atoms with E-state index in [1.165, 1.54) is 4.90 Å². The van der Waals surface area contributed by atoms with E-state index in [4.69, 9.17) is 4.42 Å². The normalized spacial score (nSPS) is 20.6. The van der Waals surface area contributed by atoms with Gasteiger partial charge in [-0.05, 0) is 38.3 Å². The molecule has 6 nitrogen and oxygen atoms in total. The number of piperidine rings is 1. The van der Waals surface area contributed by atoms with Crippen molar-refractivity contribution < 1.29 is 14.0 Å². The van der Waals surface area contributed by atoms with E-state index in [0.717, 1.165) is 24.8 Å². The fourth-order valence-corrected chi connectivity index (χ4v) is 3.42. The number of hydrogen-bond donors (Lipinski definition) is 0. The summed E-state index contributed by atoms with van der Waals surface area (Å²) < 4.78 is 5.73. The van der Waals surface area contributed by atoms with Crippen molar-refractivity contribution in [2.45, 2.75) is 38.8 Å². The first-order valence-corrected chi connectivity index (χ1v) is 8.29. The van der Waals surface area contributed by atoms with Crippen molar-refractivity contribution in [3.8, 4) is 11.5 Å². The predicted molar refractivity (Wildman–Crippen MR) is 87.0 cm³/mol. The van der Waals surface area contributed by atoms with Crippen LogP contribution in [0, 0.1) is 6.92 Å². The number of hydrogen-bond acceptors (Lipinski definition) is 4. The Morgan fingerprint density at radius 3 is 2.75 bits per heavy atom. The quantitative estimate of drug-likeness (QED) is 0.814. The van der Waals surface area contributed by atoms with Crippen molar-refractivity contribution in [2.75, 3.05) is 6.54 Å². The van der Waals surface area contributed by atoms with Gasteiger partial charge in [0.05, 0.1) is 6.54 Å². The highest BCUT2D eigenvalue weighted by molar-refractivity contribution is 6.04. The molecule has 0 saturated carbocycles. The summed E-state index contributed by atoms with van der Waals surface area (Å²) in [5.41, 5.74) is 1.51. The topological polar surface area (TPSA) is 66.7 Å². The molecule has 0 unspecified atom stereocenters. The zero-order chi connectivity index (χ0) is 16.7. The summed E-state index contributed by atoms with van der Waals surface area (Å²) >= 11 is 0. The number of aryl methyl sites for hydroxylation is 1. The van der Waals surface area contributed by atoms with Gasteiger partial charge in [0.25, 0.3) is 5.91 Å². The van der Waals surface area contributed by atoms with Crippen molar-refractivity contribution in [1.29, 1.82) is 0 Å². The molecule has 3 amide bonds. The van der Waals surface area contributed by atoms with Crippen LogP contribution >= 0.6 is 0 Å². The van der Waals surface area contributed by atoms with Crippen LogP contribution < -0.4 is 0 Å². The number of urea groups is 1. The number of oxazole rings is 1. The Morgan fingerprint density at radius 2 is 2.00 bits per heavy atom. The summed E-state index contributed by atoms with van der Waals surface area (Å²) in [6.07, 6.45) is 2.72. The Hall–Kier alpha value is -2.63. The van der Waals surface area contributed by atoms with Gasteiger partial charge in [0, 0.05) is 12.1 Å². The van der Waals surface area contributed by atoms with Gasteiger partial charge in [0.1, 0.15) is 17.5 Å². The highest BCUT2D eigenvalue weighted by Crippen LogP contribution is 2.29. The third kappa shape index (κ3) is 2.38. The molecule has 6 heteroatoms. The molecule has 0 bridgehead atoms. The monoisotopic (exact) mass is 325 g/mol. The summed E-state index contributed by atoms with van der Waals surface area (Å²) in [6.45, 7) is 2.65. The lowest BCUT2D eigenvalue weighted by molar-refractivity contribution is -0.129. The molecule has 2 fully saturated rings. The molecule has 2 saturated heterocycles. The molecule has 0 radical (unpaired) electrons. The van der Waals surface area contributed by atoms with Crippen LogP contribution in [-0.2, 0) is 11.3 Å². The van der Waals surface area contributed by atoms with Gasteiger partial charge < -0.3 is 9.32 Å². The Balaban J connectivity index is 1.58. The maximum absolute atomic E-state index is 12.5. The Bertz CT molecular complexity index is 760. The Kier molecular flexibility index (Phi) is 3.59. The van der Waals surface area contributed by atoms with Crippen molar-refractivity contribution in [3.63, 3.8) is 0 Å². The third-order valence-corrected chi connectivity index (χ3v) is 4.75. The summed E-state index contributed by atoms with van der Waals surface area (Å²) in [5.74, 6) is 1.04. The van der Waals surface area contributed by atoms with Crippen molar-refractivity contribution in [1.82, 2.24) is 14.8 Å². The SMILES string of the molecule is Cc1oc(-c2ccccc2)nc1CN1C(=O)[C@@H]2CCCCN2C1=O. The average Bonchev–Trinajstić information content (AvgIpc) is 3.10. The van der Waals surface area contributed by atoms with E-state index in [-0.39, 0.29) is 24.5 Å². The van der Waals surface area contributed by atoms with Gasteiger partial charge in [-0.2, -0.15) is 0 Å². The van der Waals surface area contributed by atoms with Gasteiger partial charge in [-0.25, -0.2) is 9.78 Å². The second kappa shape index (κ2) is 5.78. The molecule has 1 aromatic carbocycles. The molecule has 1 atom stereocenters. The van der Waals surface area contributed by atoms with Gasteiger partial charge >= 0.3 is 6.03 Å². The molecule has 24 heavy (non-hydrogen) atoms. The first kappa shape index (κ1) is 14.9. The molecular formula is C18H19N3O3. The zero-order valence-corrected chi connectivity index (χ0v) is 13.6. The number of amides is 3. The van der Waals surface area contributed by atoms with Gasteiger partial charge in [-0.1, -0.05) is 18.2 Å². The molecular weight excluding hydrogens is 306 g/mol. The number of fused-ring (bicyclic) bond motifs is 1. The molecule has 0 spiro atoms. The molecule has 4 rings (SSSR count). The highest BCUT2D eigenvalue weighted by Gasteiger charge is 2.46. The van der Waals surface area contributed by atoms with Crippen molar-refractivity contribution in [2.24, 2.45) is 0 Å². The lowest BCUT2D eigenvalue weighted by atomic mass is 10.0. The second-order valence-corrected chi connectivity index (χ2v) is 6.30. The molecule has 0 aliphatic carbocycles. The number of rotatable bonds is 3. The maximum Gasteiger partial charge on any atom is 0.327 e. The average molecular weight is 325 g/mol. The van der Waals surface area contributed by atoms with Gasteiger partial charge in [0.15, 0.2) is 0 Å². The van der Waals surface area contributed by atoms with Gasteiger partial charge in [-0.15, -0.1) is 0 Å². The number of imide groups is 1. The second-order valence-electron chi connectivity index (χ2n) is 6.30. The van der Waals surface area contributed by atoms with Gasteiger partial charge in [0.2, 0.25) is 5.89 Å². The van der Waals surface area contributed by atoms with Crippen LogP contribution in [0.15, 0.2) is 34.7 Å². The molecule has 0 N–H and O–H groups in total. The van der Waals surface area contributed by atoms with E-state index in [1.807, 2.05) is 37.3 Å². The molecule has 3 heterocycles. The fourth-order valence-electron chi connectivity index (χ4n) is 3.42. The van der Waals surface area contributed by atoms with Crippen LogP contribution in [0.3, 0.4) is 0 Å². The Labute approximate surface area is 140 Å². The van der Waals surface area contributed by atoms with Crippen LogP contribution in [0.4, 0.5) is 4.79 Å². The number of carbonyl (C=O) groups is 2. The highest BCUT2D eigenvalue weighted by atomic mass is 16.4. The van der Waals surface area contributed by atoms with Crippen LogP contribution in [0.1, 0.15) is 30.7 Å². The number of carbonyl (C=O) groups excluding carboxylic acids is 2. The largest absolute Gasteiger partial charge is 0.441 e. The third-order valence-electron chi connectivity index (χ3n) is 4.75. The molecule has 2 aliphatic rings. The first-order chi connectivity index (χ1) is 11.6. The minimum absolute atomic E-state index is 0.108. The molecule has 2 aliphatic heterocycles. The summed E-state index contributed by atoms with van der Waals surface area (Å²) in [5, 5.41) is 0. The van der Waals surface area contributed by atoms with E-state index < -0.39 is 0 Å². The number of aromatic nitrogens is 1. The molecule has 124 valence electrons. The fraction of sp³-hybridized carbons (Fsp3) is 0.389. The smallest absolute Gasteiger partial charge is 0.327 e. The first-order valence-electron chi connectivity index (χ1n) is 8.29. The summed E-state index contributed by atoms with van der Waals surface area (Å²) in [4.78, 5) is 32.6. The van der Waals surface area contributed by atoms with E-state index in [9.17, 15) is 9.59 Å². The van der Waals surface area contributed by atoms with Gasteiger partial charge in [-0.3, -0.25) is 9.69 Å². The zero-order valence-electron chi connectivity index (χ0n) is 13.6. The lowest BCUT2D eigenvalue weighted by Crippen LogP contribution is -2.38. The lowest BCUT2D eigenvalue weighted by Gasteiger charge is -2.26. The van der Waals surface area contributed by atoms with Crippen LogP contribution in [0.5, 0.6) is 0 Å². The number of nitrogens with zero attached hydrogens (tertiary/aromatic N) is 3. The molecule has 1 aromatic heterocycles. The van der Waals surface area contributed by atoms with Crippen LogP contribution in [0.25, 0.3) is 11.5 Å². The maximum atomic E-state index is 12.5. The van der Waals surface area contributed by atoms with Crippen molar-refractivity contribution in [3.05, 3.63) is 41.8 Å². The predicted octanol–water partition coefficient (Wildman–Crippen LogP) is 2.97. The Morgan fingerprint density at radius 1 is 1.21 bits per heavy atom. The summed E-state index contributed by atoms with van der Waals surface area (Å²) in [7, 11) is 0. The summed E-state index contributed by atoms with van der Waals surface area (Å²) in [6, 6.07) is 9.11. The van der Waals surface area contributed by atoms with Crippen LogP contribution in [0.2, 0.25) is 0 Å². The molecule has 2 aromatic rings. The minimum Gasteiger partial charge on any atom is -0.441 e. The number of benzene rings is 1. The van der Waals surface area contributed by atoms with Crippen LogP contribution in [-0.4, -0.2) is 39.3 Å². The van der Waals surface area contributed by atoms with E-state index in [0.29, 0.717) is 23.9 Å². The van der Waals surface area contributed by atoms with E-state index >= 15 is 0 Å². The van der Waals surface area contributed by atoms with E-state index in [1.54, 1.807) is 4.90 Å². The standard InChI is InChI=1S/C18H19N3O3/c1-12-14(19-16(24-12)13-7-3-2-4-8-13)11-21-17(22)15-9-5-6-10-20(15)18(21)23/h2-4,7-8,15H,5-6,9-11H2,1H3/t15-/m0/s1. The van der Waals surface area contributed by atoms with E-state index in [2.05, 4.69) is 4.98 Å².